The highest BCUT2D eigenvalue weighted by Crippen LogP contribution is 2.26. The molecule has 36 heavy (non-hydrogen) atoms. The van der Waals surface area contributed by atoms with Crippen LogP contribution in [0, 0.1) is 13.8 Å². The molecule has 3 saturated heterocycles. The standard InChI is InChI=1S/C25H41N11/c1-16-3-4-22(9-17(16)2)33-5-7-34(8-6-33)23-30-24(35-12-18(26)10-19(27)13-35)32-25(31-23)36-14-20(28)11-21(29)15-36/h3-4,9,18-21H,5-8,10-15,26-29H2,1-2H3. The van der Waals surface area contributed by atoms with Crippen LogP contribution in [-0.2, 0) is 0 Å². The van der Waals surface area contributed by atoms with Crippen LogP contribution < -0.4 is 42.5 Å². The van der Waals surface area contributed by atoms with E-state index in [0.29, 0.717) is 44.0 Å². The van der Waals surface area contributed by atoms with Gasteiger partial charge in [-0.2, -0.15) is 15.0 Å². The van der Waals surface area contributed by atoms with Gasteiger partial charge >= 0.3 is 0 Å². The largest absolute Gasteiger partial charge is 0.368 e. The summed E-state index contributed by atoms with van der Waals surface area (Å²) in [4.78, 5) is 23.6. The van der Waals surface area contributed by atoms with Gasteiger partial charge in [0, 0.05) is 82.2 Å². The van der Waals surface area contributed by atoms with Gasteiger partial charge in [0.15, 0.2) is 0 Å². The zero-order chi connectivity index (χ0) is 25.4. The van der Waals surface area contributed by atoms with E-state index in [0.717, 1.165) is 39.0 Å². The second-order valence-corrected chi connectivity index (χ2v) is 10.8. The molecule has 1 aromatic heterocycles. The molecule has 0 saturated carbocycles. The summed E-state index contributed by atoms with van der Waals surface area (Å²) in [6.07, 6.45) is 1.61. The minimum Gasteiger partial charge on any atom is -0.368 e. The van der Waals surface area contributed by atoms with Gasteiger partial charge in [0.1, 0.15) is 0 Å². The number of hydrogen-bond donors (Lipinski definition) is 4. The third-order valence-electron chi connectivity index (χ3n) is 7.61. The van der Waals surface area contributed by atoms with Crippen molar-refractivity contribution in [3.63, 3.8) is 0 Å². The van der Waals surface area contributed by atoms with Crippen molar-refractivity contribution in [2.75, 3.05) is 72.0 Å². The Labute approximate surface area is 213 Å². The molecule has 4 heterocycles. The average Bonchev–Trinajstić information content (AvgIpc) is 2.84. The lowest BCUT2D eigenvalue weighted by atomic mass is 10.0. The summed E-state index contributed by atoms with van der Waals surface area (Å²) in [7, 11) is 0. The van der Waals surface area contributed by atoms with Crippen molar-refractivity contribution in [3.05, 3.63) is 29.3 Å². The summed E-state index contributed by atoms with van der Waals surface area (Å²) < 4.78 is 0. The molecule has 11 nitrogen and oxygen atoms in total. The molecule has 8 N–H and O–H groups in total. The SMILES string of the molecule is Cc1ccc(N2CCN(c3nc(N4CC(N)CC(N)C4)nc(N4CC(N)CC(N)C4)n3)CC2)cc1C. The van der Waals surface area contributed by atoms with Crippen LogP contribution in [0.4, 0.5) is 23.5 Å². The van der Waals surface area contributed by atoms with Crippen LogP contribution in [0.5, 0.6) is 0 Å². The predicted molar refractivity (Wildman–Crippen MR) is 146 cm³/mol. The van der Waals surface area contributed by atoms with Crippen molar-refractivity contribution >= 4 is 23.5 Å². The first-order chi connectivity index (χ1) is 17.2. The molecule has 0 spiro atoms. The molecule has 5 rings (SSSR count). The van der Waals surface area contributed by atoms with E-state index in [1.54, 1.807) is 0 Å². The number of nitrogens with two attached hydrogens (primary N) is 4. The van der Waals surface area contributed by atoms with Crippen LogP contribution in [0.25, 0.3) is 0 Å². The molecule has 0 bridgehead atoms. The fraction of sp³-hybridized carbons (Fsp3) is 0.640. The van der Waals surface area contributed by atoms with E-state index in [2.05, 4.69) is 51.6 Å². The second-order valence-electron chi connectivity index (χ2n) is 10.8. The normalized spacial score (nSPS) is 27.5. The highest BCUT2D eigenvalue weighted by molar-refractivity contribution is 5.53. The minimum absolute atomic E-state index is 0.00393. The molecule has 3 aliphatic rings. The van der Waals surface area contributed by atoms with Gasteiger partial charge in [-0.1, -0.05) is 6.07 Å². The molecular formula is C25H41N11. The van der Waals surface area contributed by atoms with E-state index in [4.69, 9.17) is 37.9 Å². The Morgan fingerprint density at radius 1 is 0.583 bits per heavy atom. The quantitative estimate of drug-likeness (QED) is 0.435. The Kier molecular flexibility index (Phi) is 7.16. The van der Waals surface area contributed by atoms with Crippen LogP contribution >= 0.6 is 0 Å². The molecule has 4 unspecified atom stereocenters. The van der Waals surface area contributed by atoms with E-state index >= 15 is 0 Å². The predicted octanol–water partition coefficient (Wildman–Crippen LogP) is -0.456. The van der Waals surface area contributed by atoms with Gasteiger partial charge in [-0.05, 0) is 49.9 Å². The van der Waals surface area contributed by atoms with Crippen molar-refractivity contribution in [3.8, 4) is 0 Å². The lowest BCUT2D eigenvalue weighted by Gasteiger charge is -2.39. The summed E-state index contributed by atoms with van der Waals surface area (Å²) in [5, 5.41) is 0. The van der Waals surface area contributed by atoms with Crippen molar-refractivity contribution in [2.24, 2.45) is 22.9 Å². The van der Waals surface area contributed by atoms with E-state index in [1.807, 2.05) is 0 Å². The van der Waals surface area contributed by atoms with E-state index in [1.165, 1.54) is 16.8 Å². The van der Waals surface area contributed by atoms with Gasteiger partial charge in [-0.25, -0.2) is 0 Å². The summed E-state index contributed by atoms with van der Waals surface area (Å²) in [5.74, 6) is 1.95. The van der Waals surface area contributed by atoms with Crippen molar-refractivity contribution in [1.82, 2.24) is 15.0 Å². The summed E-state index contributed by atoms with van der Waals surface area (Å²) in [5.41, 5.74) is 29.1. The van der Waals surface area contributed by atoms with Crippen molar-refractivity contribution in [1.29, 1.82) is 0 Å². The van der Waals surface area contributed by atoms with Crippen LogP contribution in [0.1, 0.15) is 24.0 Å². The summed E-state index contributed by atoms with van der Waals surface area (Å²) >= 11 is 0. The van der Waals surface area contributed by atoms with E-state index in [9.17, 15) is 0 Å². The first-order valence-electron chi connectivity index (χ1n) is 13.1. The number of nitrogens with zero attached hydrogens (tertiary/aromatic N) is 7. The lowest BCUT2D eigenvalue weighted by Crippen LogP contribution is -2.54. The van der Waals surface area contributed by atoms with E-state index < -0.39 is 0 Å². The van der Waals surface area contributed by atoms with Crippen molar-refractivity contribution in [2.45, 2.75) is 50.9 Å². The van der Waals surface area contributed by atoms with Gasteiger partial charge in [-0.3, -0.25) is 0 Å². The van der Waals surface area contributed by atoms with Crippen LogP contribution in [0.3, 0.4) is 0 Å². The summed E-state index contributed by atoms with van der Waals surface area (Å²) in [6, 6.07) is 6.67. The molecule has 3 fully saturated rings. The molecule has 4 atom stereocenters. The zero-order valence-corrected chi connectivity index (χ0v) is 21.6. The van der Waals surface area contributed by atoms with Gasteiger partial charge in [0.05, 0.1) is 0 Å². The smallest absolute Gasteiger partial charge is 0.232 e. The van der Waals surface area contributed by atoms with Crippen LogP contribution in [0.2, 0.25) is 0 Å². The number of rotatable bonds is 4. The number of piperazine rings is 1. The average molecular weight is 496 g/mol. The monoisotopic (exact) mass is 495 g/mol. The van der Waals surface area contributed by atoms with Gasteiger partial charge in [0.25, 0.3) is 0 Å². The molecule has 196 valence electrons. The minimum atomic E-state index is -0.00393. The molecule has 0 aliphatic carbocycles. The highest BCUT2D eigenvalue weighted by Gasteiger charge is 2.30. The Bertz CT molecular complexity index is 990. The number of benzene rings is 1. The molecule has 1 aromatic carbocycles. The van der Waals surface area contributed by atoms with Gasteiger partial charge in [-0.15, -0.1) is 0 Å². The Morgan fingerprint density at radius 2 is 1.00 bits per heavy atom. The highest BCUT2D eigenvalue weighted by atomic mass is 15.4. The second kappa shape index (κ2) is 10.3. The number of aromatic nitrogens is 3. The maximum atomic E-state index is 6.29. The third kappa shape index (κ3) is 5.49. The fourth-order valence-electron chi connectivity index (χ4n) is 5.54. The third-order valence-corrected chi connectivity index (χ3v) is 7.61. The molecule has 3 aliphatic heterocycles. The zero-order valence-electron chi connectivity index (χ0n) is 21.6. The molecule has 0 radical (unpaired) electrons. The number of piperidine rings is 2. The molecule has 11 heteroatoms. The number of hydrogen-bond acceptors (Lipinski definition) is 11. The maximum Gasteiger partial charge on any atom is 0.232 e. The number of aryl methyl sites for hydroxylation is 2. The molecule has 0 amide bonds. The first kappa shape index (κ1) is 24.9. The van der Waals surface area contributed by atoms with Gasteiger partial charge in [0.2, 0.25) is 17.8 Å². The lowest BCUT2D eigenvalue weighted by molar-refractivity contribution is 0.440. The topological polar surface area (TPSA) is 156 Å². The van der Waals surface area contributed by atoms with Crippen LogP contribution in [0.15, 0.2) is 18.2 Å². The fourth-order valence-corrected chi connectivity index (χ4v) is 5.54. The van der Waals surface area contributed by atoms with Gasteiger partial charge < -0.3 is 42.5 Å². The Hall–Kier alpha value is -2.73. The summed E-state index contributed by atoms with van der Waals surface area (Å²) in [6.45, 7) is 10.5. The van der Waals surface area contributed by atoms with E-state index in [-0.39, 0.29) is 24.2 Å². The van der Waals surface area contributed by atoms with Crippen LogP contribution in [-0.4, -0.2) is 91.5 Å². The van der Waals surface area contributed by atoms with Crippen molar-refractivity contribution < 1.29 is 0 Å². The molecule has 2 aromatic rings. The molecular weight excluding hydrogens is 454 g/mol. The Balaban J connectivity index is 1.39. The first-order valence-corrected chi connectivity index (χ1v) is 13.1. The number of anilines is 4. The Morgan fingerprint density at radius 3 is 1.44 bits per heavy atom. The maximum absolute atomic E-state index is 6.29.